The fourth-order valence-electron chi connectivity index (χ4n) is 2.45. The minimum absolute atomic E-state index is 0.303. The first-order valence-electron chi connectivity index (χ1n) is 8.62. The van der Waals surface area contributed by atoms with Gasteiger partial charge >= 0.3 is 5.97 Å². The molecule has 0 fully saturated rings. The number of aldehydes is 1. The Balaban J connectivity index is 1.86. The van der Waals surface area contributed by atoms with Gasteiger partial charge in [0, 0.05) is 12.0 Å². The van der Waals surface area contributed by atoms with E-state index in [9.17, 15) is 9.59 Å². The van der Waals surface area contributed by atoms with Crippen LogP contribution in [-0.2, 0) is 4.79 Å². The highest BCUT2D eigenvalue weighted by molar-refractivity contribution is 5.74. The van der Waals surface area contributed by atoms with Crippen LogP contribution in [0.5, 0.6) is 5.75 Å². The van der Waals surface area contributed by atoms with Crippen molar-refractivity contribution in [2.24, 2.45) is 0 Å². The van der Waals surface area contributed by atoms with Crippen LogP contribution in [-0.4, -0.2) is 24.0 Å². The highest BCUT2D eigenvalue weighted by atomic mass is 16.5. The van der Waals surface area contributed by atoms with Crippen LogP contribution >= 0.6 is 0 Å². The third-order valence-corrected chi connectivity index (χ3v) is 3.82. The Labute approximate surface area is 138 Å². The number of ether oxygens (including phenoxy) is 1. The van der Waals surface area contributed by atoms with Crippen molar-refractivity contribution in [1.29, 1.82) is 0 Å². The van der Waals surface area contributed by atoms with Crippen LogP contribution in [0, 0.1) is 0 Å². The van der Waals surface area contributed by atoms with Crippen LogP contribution in [0.1, 0.15) is 74.6 Å². The van der Waals surface area contributed by atoms with Gasteiger partial charge in [0.25, 0.3) is 0 Å². The Morgan fingerprint density at radius 3 is 1.91 bits per heavy atom. The van der Waals surface area contributed by atoms with E-state index in [1.54, 1.807) is 12.1 Å². The van der Waals surface area contributed by atoms with Crippen molar-refractivity contribution in [3.8, 4) is 5.75 Å². The predicted molar refractivity (Wildman–Crippen MR) is 91.1 cm³/mol. The molecular weight excluding hydrogens is 292 g/mol. The van der Waals surface area contributed by atoms with Crippen molar-refractivity contribution in [2.75, 3.05) is 6.61 Å². The number of unbranched alkanes of at least 4 members (excludes halogenated alkanes) is 8. The van der Waals surface area contributed by atoms with E-state index in [1.165, 1.54) is 32.1 Å². The number of aliphatic carboxylic acids is 1. The van der Waals surface area contributed by atoms with Gasteiger partial charge in [0.15, 0.2) is 0 Å². The largest absolute Gasteiger partial charge is 0.494 e. The van der Waals surface area contributed by atoms with Crippen LogP contribution in [0.25, 0.3) is 0 Å². The zero-order valence-corrected chi connectivity index (χ0v) is 13.8. The predicted octanol–water partition coefficient (Wildman–Crippen LogP) is 4.86. The quantitative estimate of drug-likeness (QED) is 0.392. The van der Waals surface area contributed by atoms with E-state index in [0.717, 1.165) is 44.3 Å². The summed E-state index contributed by atoms with van der Waals surface area (Å²) in [6.07, 6.45) is 11.2. The minimum Gasteiger partial charge on any atom is -0.494 e. The van der Waals surface area contributed by atoms with Crippen molar-refractivity contribution in [1.82, 2.24) is 0 Å². The van der Waals surface area contributed by atoms with Crippen molar-refractivity contribution in [3.05, 3.63) is 29.8 Å². The molecule has 0 atom stereocenters. The number of carbonyl (C=O) groups is 2. The molecular formula is C19H28O4. The molecule has 0 aliphatic carbocycles. The van der Waals surface area contributed by atoms with Gasteiger partial charge in [-0.15, -0.1) is 0 Å². The summed E-state index contributed by atoms with van der Waals surface area (Å²) in [6, 6.07) is 7.18. The van der Waals surface area contributed by atoms with Crippen molar-refractivity contribution in [3.63, 3.8) is 0 Å². The Morgan fingerprint density at radius 2 is 1.39 bits per heavy atom. The smallest absolute Gasteiger partial charge is 0.303 e. The number of carbonyl (C=O) groups excluding carboxylic acids is 1. The average Bonchev–Trinajstić information content (AvgIpc) is 2.56. The van der Waals surface area contributed by atoms with E-state index in [2.05, 4.69) is 0 Å². The van der Waals surface area contributed by atoms with E-state index in [0.29, 0.717) is 12.0 Å². The van der Waals surface area contributed by atoms with Gasteiger partial charge < -0.3 is 9.84 Å². The number of carboxylic acid groups (broad SMARTS) is 1. The van der Waals surface area contributed by atoms with Crippen LogP contribution in [0.3, 0.4) is 0 Å². The lowest BCUT2D eigenvalue weighted by atomic mass is 10.1. The first kappa shape index (κ1) is 19.2. The van der Waals surface area contributed by atoms with Gasteiger partial charge in [-0.3, -0.25) is 9.59 Å². The molecule has 0 heterocycles. The number of hydrogen-bond acceptors (Lipinski definition) is 3. The molecule has 0 radical (unpaired) electrons. The van der Waals surface area contributed by atoms with Gasteiger partial charge in [0.05, 0.1) is 6.61 Å². The van der Waals surface area contributed by atoms with Gasteiger partial charge in [0.2, 0.25) is 0 Å². The topological polar surface area (TPSA) is 63.6 Å². The molecule has 1 rings (SSSR count). The molecule has 4 heteroatoms. The Morgan fingerprint density at radius 1 is 0.870 bits per heavy atom. The molecule has 1 aromatic carbocycles. The van der Waals surface area contributed by atoms with Crippen molar-refractivity contribution < 1.29 is 19.4 Å². The number of hydrogen-bond donors (Lipinski definition) is 1. The van der Waals surface area contributed by atoms with E-state index in [-0.39, 0.29) is 0 Å². The molecule has 23 heavy (non-hydrogen) atoms. The molecule has 1 aromatic rings. The van der Waals surface area contributed by atoms with E-state index in [1.807, 2.05) is 12.1 Å². The zero-order valence-electron chi connectivity index (χ0n) is 13.8. The molecule has 4 nitrogen and oxygen atoms in total. The maximum Gasteiger partial charge on any atom is 0.303 e. The summed E-state index contributed by atoms with van der Waals surface area (Å²) in [4.78, 5) is 20.9. The highest BCUT2D eigenvalue weighted by Crippen LogP contribution is 2.13. The van der Waals surface area contributed by atoms with Gasteiger partial charge in [-0.05, 0) is 37.1 Å². The first-order valence-corrected chi connectivity index (χ1v) is 8.62. The summed E-state index contributed by atoms with van der Waals surface area (Å²) < 4.78 is 5.63. The molecule has 0 aliphatic heterocycles. The summed E-state index contributed by atoms with van der Waals surface area (Å²) in [7, 11) is 0. The first-order chi connectivity index (χ1) is 11.2. The Bertz CT molecular complexity index is 439. The summed E-state index contributed by atoms with van der Waals surface area (Å²) in [5.74, 6) is 0.129. The normalized spacial score (nSPS) is 10.4. The standard InChI is InChI=1S/C19H28O4/c20-16-17-11-13-18(14-12-17)23-15-9-7-5-3-1-2-4-6-8-10-19(21)22/h11-14,16H,1-10,15H2,(H,21,22). The monoisotopic (exact) mass is 320 g/mol. The maximum atomic E-state index is 10.5. The molecule has 0 aliphatic rings. The summed E-state index contributed by atoms with van der Waals surface area (Å²) >= 11 is 0. The second-order valence-electron chi connectivity index (χ2n) is 5.86. The fraction of sp³-hybridized carbons (Fsp3) is 0.579. The van der Waals surface area contributed by atoms with Crippen LogP contribution in [0.15, 0.2) is 24.3 Å². The van der Waals surface area contributed by atoms with E-state index in [4.69, 9.17) is 9.84 Å². The van der Waals surface area contributed by atoms with Gasteiger partial charge in [-0.1, -0.05) is 44.9 Å². The minimum atomic E-state index is -0.688. The molecule has 0 saturated heterocycles. The van der Waals surface area contributed by atoms with Crippen LogP contribution in [0.2, 0.25) is 0 Å². The van der Waals surface area contributed by atoms with Gasteiger partial charge in [0.1, 0.15) is 12.0 Å². The molecule has 0 saturated carbocycles. The van der Waals surface area contributed by atoms with Crippen molar-refractivity contribution >= 4 is 12.3 Å². The van der Waals surface area contributed by atoms with Crippen LogP contribution in [0.4, 0.5) is 0 Å². The number of carboxylic acids is 1. The average molecular weight is 320 g/mol. The molecule has 0 amide bonds. The lowest BCUT2D eigenvalue weighted by molar-refractivity contribution is -0.137. The lowest BCUT2D eigenvalue weighted by Gasteiger charge is -2.06. The van der Waals surface area contributed by atoms with Gasteiger partial charge in [-0.2, -0.15) is 0 Å². The molecule has 0 spiro atoms. The zero-order chi connectivity index (χ0) is 16.8. The molecule has 1 N–H and O–H groups in total. The maximum absolute atomic E-state index is 10.5. The van der Waals surface area contributed by atoms with Gasteiger partial charge in [-0.25, -0.2) is 0 Å². The number of rotatable bonds is 14. The third-order valence-electron chi connectivity index (χ3n) is 3.82. The molecule has 128 valence electrons. The highest BCUT2D eigenvalue weighted by Gasteiger charge is 1.97. The summed E-state index contributed by atoms with van der Waals surface area (Å²) in [6.45, 7) is 0.718. The second kappa shape index (κ2) is 12.7. The Kier molecular flexibility index (Phi) is 10.6. The SMILES string of the molecule is O=Cc1ccc(OCCCCCCCCCCCC(=O)O)cc1. The molecule has 0 aromatic heterocycles. The van der Waals surface area contributed by atoms with E-state index < -0.39 is 5.97 Å². The molecule has 0 unspecified atom stereocenters. The summed E-state index contributed by atoms with van der Waals surface area (Å²) in [5.41, 5.74) is 0.667. The second-order valence-corrected chi connectivity index (χ2v) is 5.86. The Hall–Kier alpha value is -1.84. The van der Waals surface area contributed by atoms with E-state index >= 15 is 0 Å². The fourth-order valence-corrected chi connectivity index (χ4v) is 2.45. The van der Waals surface area contributed by atoms with Crippen LogP contribution < -0.4 is 4.74 Å². The third kappa shape index (κ3) is 10.5. The number of benzene rings is 1. The molecule has 0 bridgehead atoms. The lowest BCUT2D eigenvalue weighted by Crippen LogP contribution is -1.97. The van der Waals surface area contributed by atoms with Crippen molar-refractivity contribution in [2.45, 2.75) is 64.2 Å². The summed E-state index contributed by atoms with van der Waals surface area (Å²) in [5, 5.41) is 8.53.